The Morgan fingerprint density at radius 3 is 2.43 bits per heavy atom. The minimum Gasteiger partial charge on any atom is -0.444 e. The Bertz CT molecular complexity index is 728. The first-order valence-electron chi connectivity index (χ1n) is 10.7. The van der Waals surface area contributed by atoms with Crippen LogP contribution >= 0.6 is 0 Å². The van der Waals surface area contributed by atoms with Gasteiger partial charge in [0.05, 0.1) is 12.1 Å². The van der Waals surface area contributed by atoms with Crippen molar-refractivity contribution in [2.45, 2.75) is 72.4 Å². The summed E-state index contributed by atoms with van der Waals surface area (Å²) in [4.78, 5) is 26.8. The van der Waals surface area contributed by atoms with E-state index in [0.717, 1.165) is 12.0 Å². The third-order valence-corrected chi connectivity index (χ3v) is 4.95. The van der Waals surface area contributed by atoms with Gasteiger partial charge >= 0.3 is 6.09 Å². The van der Waals surface area contributed by atoms with E-state index in [0.29, 0.717) is 18.4 Å². The Morgan fingerprint density at radius 1 is 1.17 bits per heavy atom. The molecule has 166 valence electrons. The molecule has 1 heterocycles. The molecule has 1 aliphatic heterocycles. The summed E-state index contributed by atoms with van der Waals surface area (Å²) in [5.41, 5.74) is 0.0963. The van der Waals surface area contributed by atoms with Crippen LogP contribution in [0.1, 0.15) is 53.5 Å². The molecule has 30 heavy (non-hydrogen) atoms. The maximum Gasteiger partial charge on any atom is 0.412 e. The maximum absolute atomic E-state index is 13.0. The van der Waals surface area contributed by atoms with Gasteiger partial charge < -0.3 is 14.8 Å². The smallest absolute Gasteiger partial charge is 0.412 e. The monoisotopic (exact) mass is 416 g/mol. The number of nitrogens with zero attached hydrogens (tertiary/aromatic N) is 1. The fourth-order valence-electron chi connectivity index (χ4n) is 3.59. The number of benzene rings is 1. The topological polar surface area (TPSA) is 67.9 Å². The van der Waals surface area contributed by atoms with Gasteiger partial charge in [-0.25, -0.2) is 4.79 Å². The lowest BCUT2D eigenvalue weighted by atomic mass is 9.98. The van der Waals surface area contributed by atoms with Crippen molar-refractivity contribution >= 4 is 12.0 Å². The Morgan fingerprint density at radius 2 is 1.83 bits per heavy atom. The lowest BCUT2D eigenvalue weighted by molar-refractivity contribution is -0.116. The van der Waals surface area contributed by atoms with E-state index in [9.17, 15) is 9.59 Å². The van der Waals surface area contributed by atoms with E-state index < -0.39 is 11.8 Å². The highest BCUT2D eigenvalue weighted by Gasteiger charge is 2.49. The van der Waals surface area contributed by atoms with Crippen LogP contribution in [0, 0.1) is 11.8 Å². The molecular formula is C24H36N2O4. The molecule has 6 heteroatoms. The van der Waals surface area contributed by atoms with Crippen molar-refractivity contribution < 1.29 is 19.1 Å². The SMILES string of the molecule is CC(C)CNC(=O)/C=C/[C@@H]1OC(C)(C)N(C(=O)OCc2ccccc2)[C@H]1CC(C)C. The van der Waals surface area contributed by atoms with Gasteiger partial charge in [-0.05, 0) is 43.7 Å². The highest BCUT2D eigenvalue weighted by atomic mass is 16.6. The van der Waals surface area contributed by atoms with Crippen molar-refractivity contribution in [1.29, 1.82) is 0 Å². The molecule has 1 aromatic carbocycles. The van der Waals surface area contributed by atoms with Crippen LogP contribution < -0.4 is 5.32 Å². The number of ether oxygens (including phenoxy) is 2. The van der Waals surface area contributed by atoms with Crippen molar-refractivity contribution in [2.75, 3.05) is 6.54 Å². The molecule has 1 aromatic rings. The maximum atomic E-state index is 13.0. The van der Waals surface area contributed by atoms with Gasteiger partial charge in [0.2, 0.25) is 5.91 Å². The number of amides is 2. The van der Waals surface area contributed by atoms with Crippen LogP contribution in [-0.2, 0) is 20.9 Å². The summed E-state index contributed by atoms with van der Waals surface area (Å²) in [6.45, 7) is 12.8. The van der Waals surface area contributed by atoms with E-state index in [4.69, 9.17) is 9.47 Å². The van der Waals surface area contributed by atoms with Gasteiger partial charge in [-0.2, -0.15) is 0 Å². The van der Waals surface area contributed by atoms with E-state index in [1.54, 1.807) is 11.0 Å². The predicted molar refractivity (Wildman–Crippen MR) is 118 cm³/mol. The highest BCUT2D eigenvalue weighted by molar-refractivity contribution is 5.87. The molecule has 0 aromatic heterocycles. The Labute approximate surface area is 180 Å². The van der Waals surface area contributed by atoms with E-state index in [1.165, 1.54) is 6.08 Å². The van der Waals surface area contributed by atoms with Crippen LogP contribution in [0.3, 0.4) is 0 Å². The summed E-state index contributed by atoms with van der Waals surface area (Å²) < 4.78 is 11.8. The van der Waals surface area contributed by atoms with Crippen molar-refractivity contribution in [2.24, 2.45) is 11.8 Å². The molecule has 2 atom stereocenters. The van der Waals surface area contributed by atoms with Crippen LogP contribution in [0.4, 0.5) is 4.79 Å². The third-order valence-electron chi connectivity index (χ3n) is 4.95. The normalized spacial score (nSPS) is 20.9. The number of hydrogen-bond acceptors (Lipinski definition) is 4. The zero-order chi connectivity index (χ0) is 22.3. The highest BCUT2D eigenvalue weighted by Crippen LogP contribution is 2.36. The van der Waals surface area contributed by atoms with E-state index in [1.807, 2.05) is 58.0 Å². The van der Waals surface area contributed by atoms with Crippen molar-refractivity contribution in [3.05, 3.63) is 48.0 Å². The van der Waals surface area contributed by atoms with Gasteiger partial charge in [-0.15, -0.1) is 0 Å². The van der Waals surface area contributed by atoms with Crippen LogP contribution in [0.25, 0.3) is 0 Å². The second kappa shape index (κ2) is 10.6. The predicted octanol–water partition coefficient (Wildman–Crippen LogP) is 4.50. The summed E-state index contributed by atoms with van der Waals surface area (Å²) in [6.07, 6.45) is 3.22. The molecule has 0 bridgehead atoms. The van der Waals surface area contributed by atoms with Crippen LogP contribution in [0.5, 0.6) is 0 Å². The number of carbonyl (C=O) groups is 2. The Kier molecular flexibility index (Phi) is 8.47. The summed E-state index contributed by atoms with van der Waals surface area (Å²) in [5, 5.41) is 2.87. The first kappa shape index (κ1) is 23.9. The van der Waals surface area contributed by atoms with Gasteiger partial charge in [-0.1, -0.05) is 58.0 Å². The van der Waals surface area contributed by atoms with Gasteiger partial charge in [0, 0.05) is 12.6 Å². The molecule has 0 aliphatic carbocycles. The number of rotatable bonds is 8. The Balaban J connectivity index is 2.12. The lowest BCUT2D eigenvalue weighted by Gasteiger charge is -2.33. The average molecular weight is 417 g/mol. The zero-order valence-electron chi connectivity index (χ0n) is 19.1. The number of nitrogens with one attached hydrogen (secondary N) is 1. The molecule has 0 spiro atoms. The fraction of sp³-hybridized carbons (Fsp3) is 0.583. The molecule has 0 radical (unpaired) electrons. The fourth-order valence-corrected chi connectivity index (χ4v) is 3.59. The summed E-state index contributed by atoms with van der Waals surface area (Å²) in [7, 11) is 0. The second-order valence-electron chi connectivity index (χ2n) is 9.13. The van der Waals surface area contributed by atoms with Crippen molar-refractivity contribution in [3.63, 3.8) is 0 Å². The van der Waals surface area contributed by atoms with Gasteiger partial charge in [-0.3, -0.25) is 9.69 Å². The summed E-state index contributed by atoms with van der Waals surface area (Å²) in [6, 6.07) is 9.39. The number of hydrogen-bond donors (Lipinski definition) is 1. The molecule has 1 saturated heterocycles. The molecule has 2 rings (SSSR count). The molecule has 1 fully saturated rings. The van der Waals surface area contributed by atoms with Crippen molar-refractivity contribution in [1.82, 2.24) is 10.2 Å². The van der Waals surface area contributed by atoms with E-state index in [2.05, 4.69) is 19.2 Å². The molecule has 0 saturated carbocycles. The van der Waals surface area contributed by atoms with Gasteiger partial charge in [0.15, 0.2) is 0 Å². The van der Waals surface area contributed by atoms with Crippen molar-refractivity contribution in [3.8, 4) is 0 Å². The van der Waals surface area contributed by atoms with Crippen LogP contribution in [-0.4, -0.2) is 41.3 Å². The first-order chi connectivity index (χ1) is 14.1. The average Bonchev–Trinajstić information content (AvgIpc) is 2.92. The molecule has 0 unspecified atom stereocenters. The van der Waals surface area contributed by atoms with E-state index >= 15 is 0 Å². The lowest BCUT2D eigenvalue weighted by Crippen LogP contribution is -2.48. The summed E-state index contributed by atoms with van der Waals surface area (Å²) in [5.74, 6) is 0.577. The van der Waals surface area contributed by atoms with E-state index in [-0.39, 0.29) is 24.7 Å². The van der Waals surface area contributed by atoms with Crippen LogP contribution in [0.15, 0.2) is 42.5 Å². The minimum atomic E-state index is -0.837. The summed E-state index contributed by atoms with van der Waals surface area (Å²) >= 11 is 0. The second-order valence-corrected chi connectivity index (χ2v) is 9.13. The van der Waals surface area contributed by atoms with Crippen LogP contribution in [0.2, 0.25) is 0 Å². The largest absolute Gasteiger partial charge is 0.444 e. The minimum absolute atomic E-state index is 0.154. The number of carbonyl (C=O) groups excluding carboxylic acids is 2. The van der Waals surface area contributed by atoms with Gasteiger partial charge in [0.25, 0.3) is 0 Å². The molecule has 6 nitrogen and oxygen atoms in total. The van der Waals surface area contributed by atoms with Gasteiger partial charge in [0.1, 0.15) is 12.3 Å². The first-order valence-corrected chi connectivity index (χ1v) is 10.7. The molecule has 2 amide bonds. The zero-order valence-corrected chi connectivity index (χ0v) is 19.1. The quantitative estimate of drug-likeness (QED) is 0.634. The molecule has 1 aliphatic rings. The molecule has 1 N–H and O–H groups in total. The standard InChI is InChI=1S/C24H36N2O4/c1-17(2)14-20-21(12-13-22(27)25-15-18(3)4)30-24(5,6)26(20)23(28)29-16-19-10-8-7-9-11-19/h7-13,17-18,20-21H,14-16H2,1-6H3,(H,25,27)/b13-12+/t20-,21-/m0/s1. The molecular weight excluding hydrogens is 380 g/mol. The third kappa shape index (κ3) is 6.87. The Hall–Kier alpha value is -2.34.